The zero-order chi connectivity index (χ0) is 14.0. The topological polar surface area (TPSA) is 49.3 Å². The van der Waals surface area contributed by atoms with Crippen molar-refractivity contribution in [3.63, 3.8) is 0 Å². The molecule has 2 N–H and O–H groups in total. The van der Waals surface area contributed by atoms with Crippen LogP contribution in [0.1, 0.15) is 10.4 Å². The van der Waals surface area contributed by atoms with E-state index < -0.39 is 0 Å². The van der Waals surface area contributed by atoms with Crippen molar-refractivity contribution in [1.82, 2.24) is 0 Å². The molecule has 0 heterocycles. The van der Waals surface area contributed by atoms with E-state index in [1.165, 1.54) is 12.1 Å². The van der Waals surface area contributed by atoms with E-state index in [4.69, 9.17) is 34.8 Å². The number of hydrogen-bond acceptors (Lipinski definition) is 2. The van der Waals surface area contributed by atoms with Crippen molar-refractivity contribution in [2.24, 2.45) is 0 Å². The fourth-order valence-corrected chi connectivity index (χ4v) is 2.19. The van der Waals surface area contributed by atoms with Gasteiger partial charge in [-0.1, -0.05) is 46.9 Å². The summed E-state index contributed by atoms with van der Waals surface area (Å²) in [5.41, 5.74) is 0.710. The van der Waals surface area contributed by atoms with E-state index in [0.29, 0.717) is 16.3 Å². The molecule has 0 spiro atoms. The Morgan fingerprint density at radius 2 is 1.58 bits per heavy atom. The van der Waals surface area contributed by atoms with Gasteiger partial charge in [0, 0.05) is 5.69 Å². The Morgan fingerprint density at radius 3 is 2.16 bits per heavy atom. The molecule has 0 bridgehead atoms. The number of carbonyl (C=O) groups is 1. The Morgan fingerprint density at radius 1 is 1.00 bits per heavy atom. The molecule has 0 unspecified atom stereocenters. The minimum atomic E-state index is -0.386. The molecule has 0 radical (unpaired) electrons. The zero-order valence-corrected chi connectivity index (χ0v) is 11.7. The molecule has 6 heteroatoms. The third-order valence-electron chi connectivity index (χ3n) is 2.39. The maximum absolute atomic E-state index is 12.0. The first-order valence-electron chi connectivity index (χ1n) is 5.23. The molecule has 0 aliphatic rings. The SMILES string of the molecule is O=C(Nc1cc(Cl)c(O)c(Cl)c1)c1ccccc1Cl. The summed E-state index contributed by atoms with van der Waals surface area (Å²) in [7, 11) is 0. The van der Waals surface area contributed by atoms with E-state index >= 15 is 0 Å². The number of anilines is 1. The standard InChI is InChI=1S/C13H8Cl3NO2/c14-9-4-2-1-3-8(9)13(19)17-7-5-10(15)12(18)11(16)6-7/h1-6,18H,(H,17,19). The molecular weight excluding hydrogens is 309 g/mol. The third kappa shape index (κ3) is 3.13. The van der Waals surface area contributed by atoms with Crippen molar-refractivity contribution in [2.75, 3.05) is 5.32 Å². The van der Waals surface area contributed by atoms with Crippen LogP contribution in [0.4, 0.5) is 5.69 Å². The van der Waals surface area contributed by atoms with E-state index in [-0.39, 0.29) is 21.7 Å². The van der Waals surface area contributed by atoms with Crippen molar-refractivity contribution < 1.29 is 9.90 Å². The van der Waals surface area contributed by atoms with Crippen molar-refractivity contribution in [3.8, 4) is 5.75 Å². The van der Waals surface area contributed by atoms with E-state index in [2.05, 4.69) is 5.32 Å². The number of phenols is 1. The molecular formula is C13H8Cl3NO2. The Hall–Kier alpha value is -1.42. The molecule has 98 valence electrons. The zero-order valence-electron chi connectivity index (χ0n) is 9.45. The summed E-state index contributed by atoms with van der Waals surface area (Å²) in [6.07, 6.45) is 0. The van der Waals surface area contributed by atoms with Crippen molar-refractivity contribution in [1.29, 1.82) is 0 Å². The molecule has 2 aromatic carbocycles. The van der Waals surface area contributed by atoms with Gasteiger partial charge >= 0.3 is 0 Å². The van der Waals surface area contributed by atoms with Gasteiger partial charge in [0.25, 0.3) is 5.91 Å². The van der Waals surface area contributed by atoms with Crippen LogP contribution in [0.25, 0.3) is 0 Å². The van der Waals surface area contributed by atoms with Gasteiger partial charge < -0.3 is 10.4 Å². The second-order valence-corrected chi connectivity index (χ2v) is 4.94. The minimum absolute atomic E-state index is 0.0574. The smallest absolute Gasteiger partial charge is 0.257 e. The van der Waals surface area contributed by atoms with Gasteiger partial charge in [-0.15, -0.1) is 0 Å². The molecule has 0 aromatic heterocycles. The highest BCUT2D eigenvalue weighted by molar-refractivity contribution is 6.38. The summed E-state index contributed by atoms with van der Waals surface area (Å²) >= 11 is 17.5. The maximum atomic E-state index is 12.0. The Kier molecular flexibility index (Phi) is 4.20. The first kappa shape index (κ1) is 14.0. The van der Waals surface area contributed by atoms with Crippen LogP contribution in [0.5, 0.6) is 5.75 Å². The first-order valence-corrected chi connectivity index (χ1v) is 6.36. The Labute approximate surface area is 124 Å². The average Bonchev–Trinajstić information content (AvgIpc) is 2.36. The number of nitrogens with one attached hydrogen (secondary N) is 1. The number of carbonyl (C=O) groups excluding carboxylic acids is 1. The lowest BCUT2D eigenvalue weighted by atomic mass is 10.2. The molecule has 0 aliphatic heterocycles. The lowest BCUT2D eigenvalue weighted by Gasteiger charge is -2.08. The van der Waals surface area contributed by atoms with Gasteiger partial charge in [0.1, 0.15) is 0 Å². The van der Waals surface area contributed by atoms with E-state index in [0.717, 1.165) is 0 Å². The molecule has 0 saturated heterocycles. The number of hydrogen-bond donors (Lipinski definition) is 2. The fourth-order valence-electron chi connectivity index (χ4n) is 1.48. The van der Waals surface area contributed by atoms with Gasteiger partial charge in [-0.2, -0.15) is 0 Å². The van der Waals surface area contributed by atoms with Crippen LogP contribution < -0.4 is 5.32 Å². The molecule has 0 aliphatic carbocycles. The van der Waals surface area contributed by atoms with Gasteiger partial charge in [-0.05, 0) is 24.3 Å². The van der Waals surface area contributed by atoms with Gasteiger partial charge in [-0.3, -0.25) is 4.79 Å². The minimum Gasteiger partial charge on any atom is -0.505 e. The van der Waals surface area contributed by atoms with Crippen LogP contribution in [-0.4, -0.2) is 11.0 Å². The highest BCUT2D eigenvalue weighted by Crippen LogP contribution is 2.34. The van der Waals surface area contributed by atoms with Crippen molar-refractivity contribution in [3.05, 3.63) is 57.0 Å². The number of amides is 1. The van der Waals surface area contributed by atoms with Crippen LogP contribution in [-0.2, 0) is 0 Å². The highest BCUT2D eigenvalue weighted by Gasteiger charge is 2.12. The monoisotopic (exact) mass is 315 g/mol. The average molecular weight is 317 g/mol. The van der Waals surface area contributed by atoms with Gasteiger partial charge in [0.15, 0.2) is 5.75 Å². The molecule has 1 amide bonds. The number of rotatable bonds is 2. The largest absolute Gasteiger partial charge is 0.505 e. The number of halogens is 3. The van der Waals surface area contributed by atoms with Gasteiger partial charge in [0.05, 0.1) is 20.6 Å². The van der Waals surface area contributed by atoms with E-state index in [1.807, 2.05) is 0 Å². The molecule has 0 saturated carbocycles. The summed E-state index contributed by atoms with van der Waals surface area (Å²) < 4.78 is 0. The molecule has 19 heavy (non-hydrogen) atoms. The Balaban J connectivity index is 2.27. The van der Waals surface area contributed by atoms with Crippen LogP contribution in [0, 0.1) is 0 Å². The summed E-state index contributed by atoms with van der Waals surface area (Å²) in [5, 5.41) is 12.5. The second kappa shape index (κ2) is 5.70. The number of aromatic hydroxyl groups is 1. The molecule has 3 nitrogen and oxygen atoms in total. The molecule has 2 rings (SSSR count). The summed E-state index contributed by atoms with van der Waals surface area (Å²) in [6.45, 7) is 0. The highest BCUT2D eigenvalue weighted by atomic mass is 35.5. The van der Waals surface area contributed by atoms with Crippen molar-refractivity contribution >= 4 is 46.4 Å². The van der Waals surface area contributed by atoms with Gasteiger partial charge in [-0.25, -0.2) is 0 Å². The van der Waals surface area contributed by atoms with Crippen LogP contribution in [0.3, 0.4) is 0 Å². The lowest BCUT2D eigenvalue weighted by molar-refractivity contribution is 0.102. The predicted octanol–water partition coefficient (Wildman–Crippen LogP) is 4.60. The van der Waals surface area contributed by atoms with E-state index in [1.54, 1.807) is 24.3 Å². The first-order chi connectivity index (χ1) is 8.99. The molecule has 0 atom stereocenters. The number of benzene rings is 2. The van der Waals surface area contributed by atoms with Crippen molar-refractivity contribution in [2.45, 2.75) is 0 Å². The molecule has 0 fully saturated rings. The van der Waals surface area contributed by atoms with Gasteiger partial charge in [0.2, 0.25) is 0 Å². The second-order valence-electron chi connectivity index (χ2n) is 3.72. The van der Waals surface area contributed by atoms with Crippen LogP contribution in [0.15, 0.2) is 36.4 Å². The summed E-state index contributed by atoms with van der Waals surface area (Å²) in [5.74, 6) is -0.609. The summed E-state index contributed by atoms with van der Waals surface area (Å²) in [4.78, 5) is 12.0. The van der Waals surface area contributed by atoms with Crippen LogP contribution >= 0.6 is 34.8 Å². The third-order valence-corrected chi connectivity index (χ3v) is 3.30. The predicted molar refractivity (Wildman–Crippen MR) is 77.5 cm³/mol. The van der Waals surface area contributed by atoms with E-state index in [9.17, 15) is 9.90 Å². The lowest BCUT2D eigenvalue weighted by Crippen LogP contribution is -2.12. The fraction of sp³-hybridized carbons (Fsp3) is 0. The maximum Gasteiger partial charge on any atom is 0.257 e. The summed E-state index contributed by atoms with van der Waals surface area (Å²) in [6, 6.07) is 9.45. The number of phenolic OH excluding ortho intramolecular Hbond substituents is 1. The normalized spacial score (nSPS) is 10.3. The molecule has 2 aromatic rings. The Bertz CT molecular complexity index is 621. The quantitative estimate of drug-likeness (QED) is 0.795. The van der Waals surface area contributed by atoms with Crippen LogP contribution in [0.2, 0.25) is 15.1 Å².